The molecule has 0 saturated carbocycles. The predicted octanol–water partition coefficient (Wildman–Crippen LogP) is 3.75. The highest BCUT2D eigenvalue weighted by atomic mass is 16.5. The molecule has 0 atom stereocenters. The number of anilines is 1. The fraction of sp³-hybridized carbons (Fsp3) is 0.379. The molecule has 1 aliphatic rings. The number of carbonyl (C=O) groups is 4. The summed E-state index contributed by atoms with van der Waals surface area (Å²) in [5.41, 5.74) is 0.874. The van der Waals surface area contributed by atoms with Crippen LogP contribution in [0.3, 0.4) is 0 Å². The number of carbonyl (C=O) groups excluding carboxylic acids is 2. The van der Waals surface area contributed by atoms with Gasteiger partial charge in [-0.15, -0.1) is 0 Å². The van der Waals surface area contributed by atoms with Crippen LogP contribution in [0.4, 0.5) is 5.69 Å². The maximum absolute atomic E-state index is 13.3. The summed E-state index contributed by atoms with van der Waals surface area (Å²) in [6, 6.07) is 17.6. The number of carboxylic acid groups (broad SMARTS) is 2. The van der Waals surface area contributed by atoms with Gasteiger partial charge < -0.3 is 19.7 Å². The zero-order valence-electron chi connectivity index (χ0n) is 22.5. The van der Waals surface area contributed by atoms with Crippen molar-refractivity contribution in [3.05, 3.63) is 72.3 Å². The van der Waals surface area contributed by atoms with Crippen LogP contribution in [0.15, 0.2) is 66.7 Å². The van der Waals surface area contributed by atoms with Crippen molar-refractivity contribution in [2.24, 2.45) is 0 Å². The van der Waals surface area contributed by atoms with E-state index >= 15 is 0 Å². The fourth-order valence-electron chi connectivity index (χ4n) is 4.39. The lowest BCUT2D eigenvalue weighted by Gasteiger charge is -2.46. The summed E-state index contributed by atoms with van der Waals surface area (Å²) in [7, 11) is 1.59. The standard InChI is InChI=1S/C25H32N2O4.C4H4O4/c1-4-23(28)27(21-12-9-13-22(18-21)30-3)25(24(29)31-5-2)14-16-26(17-15-25)19-20-10-7-6-8-11-20;5-3(6)1-2-4(7)8/h6-13,18H,4-5,14-17,19H2,1-3H3;1-2H,(H,5,6)(H,7,8). The van der Waals surface area contributed by atoms with Crippen LogP contribution < -0.4 is 9.64 Å². The van der Waals surface area contributed by atoms with E-state index in [1.54, 1.807) is 18.9 Å². The quantitative estimate of drug-likeness (QED) is 0.341. The molecule has 0 radical (unpaired) electrons. The Labute approximate surface area is 228 Å². The molecule has 0 spiro atoms. The lowest BCUT2D eigenvalue weighted by Crippen LogP contribution is -2.62. The van der Waals surface area contributed by atoms with Gasteiger partial charge in [-0.1, -0.05) is 43.3 Å². The van der Waals surface area contributed by atoms with Gasteiger partial charge in [0.15, 0.2) is 0 Å². The number of aliphatic carboxylic acids is 2. The van der Waals surface area contributed by atoms with Crippen molar-refractivity contribution in [1.29, 1.82) is 0 Å². The summed E-state index contributed by atoms with van der Waals surface area (Å²) in [5, 5.41) is 15.6. The summed E-state index contributed by atoms with van der Waals surface area (Å²) < 4.78 is 10.9. The van der Waals surface area contributed by atoms with Crippen LogP contribution in [0.2, 0.25) is 0 Å². The van der Waals surface area contributed by atoms with E-state index in [-0.39, 0.29) is 18.5 Å². The number of rotatable bonds is 10. The smallest absolute Gasteiger partial charge is 0.332 e. The fourth-order valence-corrected chi connectivity index (χ4v) is 4.39. The molecular weight excluding hydrogens is 504 g/mol. The lowest BCUT2D eigenvalue weighted by molar-refractivity contribution is -0.153. The van der Waals surface area contributed by atoms with Crippen LogP contribution in [-0.4, -0.2) is 71.3 Å². The number of carboxylic acids is 2. The molecule has 10 nitrogen and oxygen atoms in total. The van der Waals surface area contributed by atoms with Crippen molar-refractivity contribution in [3.63, 3.8) is 0 Å². The van der Waals surface area contributed by atoms with Crippen molar-refractivity contribution >= 4 is 29.5 Å². The number of piperidine rings is 1. The number of methoxy groups -OCH3 is 1. The molecular formula is C29H36N2O8. The number of hydrogen-bond donors (Lipinski definition) is 2. The molecule has 210 valence electrons. The topological polar surface area (TPSA) is 134 Å². The van der Waals surface area contributed by atoms with Gasteiger partial charge in [0.05, 0.1) is 13.7 Å². The van der Waals surface area contributed by atoms with Gasteiger partial charge in [-0.25, -0.2) is 14.4 Å². The van der Waals surface area contributed by atoms with E-state index in [9.17, 15) is 19.2 Å². The first-order valence-corrected chi connectivity index (χ1v) is 12.7. The Morgan fingerprint density at radius 3 is 2.08 bits per heavy atom. The van der Waals surface area contributed by atoms with Crippen LogP contribution >= 0.6 is 0 Å². The second kappa shape index (κ2) is 15.3. The normalized spacial score (nSPS) is 14.5. The number of nitrogens with zero attached hydrogens (tertiary/aromatic N) is 2. The zero-order chi connectivity index (χ0) is 28.8. The van der Waals surface area contributed by atoms with Gasteiger partial charge in [0.25, 0.3) is 0 Å². The lowest BCUT2D eigenvalue weighted by atomic mass is 9.84. The van der Waals surface area contributed by atoms with Crippen LogP contribution in [0, 0.1) is 0 Å². The number of likely N-dealkylation sites (tertiary alicyclic amines) is 1. The van der Waals surface area contributed by atoms with Crippen LogP contribution in [0.25, 0.3) is 0 Å². The third-order valence-corrected chi connectivity index (χ3v) is 6.25. The SMILES string of the molecule is CCOC(=O)C1(N(C(=O)CC)c2cccc(OC)c2)CCN(Cc2ccccc2)CC1.O=C(O)C=CC(=O)O. The molecule has 1 saturated heterocycles. The molecule has 1 fully saturated rings. The Balaban J connectivity index is 0.000000580. The van der Waals surface area contributed by atoms with E-state index in [0.29, 0.717) is 55.9 Å². The highest BCUT2D eigenvalue weighted by molar-refractivity contribution is 6.02. The van der Waals surface area contributed by atoms with E-state index in [2.05, 4.69) is 17.0 Å². The second-order valence-corrected chi connectivity index (χ2v) is 8.81. The Morgan fingerprint density at radius 1 is 0.949 bits per heavy atom. The largest absolute Gasteiger partial charge is 0.497 e. The molecule has 10 heteroatoms. The van der Waals surface area contributed by atoms with Gasteiger partial charge in [0, 0.05) is 50.0 Å². The van der Waals surface area contributed by atoms with E-state index in [0.717, 1.165) is 6.54 Å². The molecule has 1 aliphatic heterocycles. The number of hydrogen-bond acceptors (Lipinski definition) is 7. The number of benzene rings is 2. The molecule has 2 aromatic carbocycles. The summed E-state index contributed by atoms with van der Waals surface area (Å²) in [6.07, 6.45) is 2.44. The van der Waals surface area contributed by atoms with Crippen molar-refractivity contribution in [3.8, 4) is 5.75 Å². The summed E-state index contributed by atoms with van der Waals surface area (Å²) in [6.45, 7) is 6.12. The van der Waals surface area contributed by atoms with Crippen molar-refractivity contribution in [2.75, 3.05) is 31.7 Å². The highest BCUT2D eigenvalue weighted by Crippen LogP contribution is 2.37. The molecule has 0 unspecified atom stereocenters. The molecule has 39 heavy (non-hydrogen) atoms. The third-order valence-electron chi connectivity index (χ3n) is 6.25. The minimum atomic E-state index is -1.26. The zero-order valence-corrected chi connectivity index (χ0v) is 22.5. The number of esters is 1. The Bertz CT molecular complexity index is 1120. The minimum absolute atomic E-state index is 0.0992. The molecule has 0 bridgehead atoms. The predicted molar refractivity (Wildman–Crippen MR) is 145 cm³/mol. The summed E-state index contributed by atoms with van der Waals surface area (Å²) in [4.78, 5) is 49.6. The maximum atomic E-state index is 13.3. The second-order valence-electron chi connectivity index (χ2n) is 8.81. The van der Waals surface area contributed by atoms with Gasteiger partial charge in [0.2, 0.25) is 5.91 Å². The first kappa shape index (κ1) is 31.0. The van der Waals surface area contributed by atoms with E-state index in [4.69, 9.17) is 19.7 Å². The van der Waals surface area contributed by atoms with Crippen molar-refractivity contribution in [2.45, 2.75) is 45.2 Å². The van der Waals surface area contributed by atoms with Gasteiger partial charge in [-0.05, 0) is 37.5 Å². The van der Waals surface area contributed by atoms with E-state index < -0.39 is 17.5 Å². The Hall–Kier alpha value is -4.18. The molecule has 1 amide bonds. The highest BCUT2D eigenvalue weighted by Gasteiger charge is 2.50. The van der Waals surface area contributed by atoms with Gasteiger partial charge in [-0.3, -0.25) is 14.6 Å². The monoisotopic (exact) mass is 540 g/mol. The molecule has 2 N–H and O–H groups in total. The molecule has 0 aliphatic carbocycles. The molecule has 0 aromatic heterocycles. The number of amides is 1. The van der Waals surface area contributed by atoms with Crippen LogP contribution in [0.1, 0.15) is 38.7 Å². The average Bonchev–Trinajstić information content (AvgIpc) is 2.94. The van der Waals surface area contributed by atoms with E-state index in [1.165, 1.54) is 5.56 Å². The summed E-state index contributed by atoms with van der Waals surface area (Å²) >= 11 is 0. The van der Waals surface area contributed by atoms with Gasteiger partial charge >= 0.3 is 17.9 Å². The molecule has 3 rings (SSSR count). The van der Waals surface area contributed by atoms with Gasteiger partial charge in [-0.2, -0.15) is 0 Å². The number of ether oxygens (including phenoxy) is 2. The van der Waals surface area contributed by atoms with Crippen LogP contribution in [-0.2, 0) is 30.5 Å². The minimum Gasteiger partial charge on any atom is -0.497 e. The average molecular weight is 541 g/mol. The van der Waals surface area contributed by atoms with Gasteiger partial charge in [0.1, 0.15) is 11.3 Å². The first-order chi connectivity index (χ1) is 18.7. The third kappa shape index (κ3) is 8.96. The summed E-state index contributed by atoms with van der Waals surface area (Å²) in [5.74, 6) is -2.30. The van der Waals surface area contributed by atoms with Crippen LogP contribution in [0.5, 0.6) is 5.75 Å². The van der Waals surface area contributed by atoms with Crippen molar-refractivity contribution < 1.29 is 38.9 Å². The molecule has 2 aromatic rings. The Kier molecular flexibility index (Phi) is 12.2. The maximum Gasteiger partial charge on any atom is 0.332 e. The van der Waals surface area contributed by atoms with E-state index in [1.807, 2.05) is 49.4 Å². The molecule has 1 heterocycles. The van der Waals surface area contributed by atoms with Crippen molar-refractivity contribution in [1.82, 2.24) is 4.90 Å². The Morgan fingerprint density at radius 2 is 1.56 bits per heavy atom. The first-order valence-electron chi connectivity index (χ1n) is 12.7.